The zero-order valence-corrected chi connectivity index (χ0v) is 17.3. The summed E-state index contributed by atoms with van der Waals surface area (Å²) < 4.78 is 1.77. The van der Waals surface area contributed by atoms with E-state index in [-0.39, 0.29) is 23.4 Å². The van der Waals surface area contributed by atoms with Gasteiger partial charge in [-0.2, -0.15) is 5.10 Å². The summed E-state index contributed by atoms with van der Waals surface area (Å²) in [6, 6.07) is 7.91. The van der Waals surface area contributed by atoms with Crippen LogP contribution in [0.15, 0.2) is 41.7 Å². The molecule has 1 amide bonds. The Bertz CT molecular complexity index is 879. The summed E-state index contributed by atoms with van der Waals surface area (Å²) in [5, 5.41) is 7.43. The van der Waals surface area contributed by atoms with E-state index in [1.54, 1.807) is 4.68 Å². The standard InChI is InChI=1S/C21H30N6O/c1-14-7-6-8-17(9-14)25-20(22)23-11-15-10-18(28)27(21(2,3)4)19(15)16-12-24-26(5)13-16/h6-9,12-13,15,19H,10-11H2,1-5H3,(H3,22,23,25)/t15-,19+/m0/s1. The summed E-state index contributed by atoms with van der Waals surface area (Å²) in [5.74, 6) is 0.553. The van der Waals surface area contributed by atoms with Crippen LogP contribution in [0.5, 0.6) is 0 Å². The predicted octanol–water partition coefficient (Wildman–Crippen LogP) is 2.84. The van der Waals surface area contributed by atoms with Gasteiger partial charge in [0.25, 0.3) is 0 Å². The molecule has 0 radical (unpaired) electrons. The molecule has 7 nitrogen and oxygen atoms in total. The van der Waals surface area contributed by atoms with Gasteiger partial charge in [0.05, 0.1) is 12.2 Å². The first-order valence-electron chi connectivity index (χ1n) is 9.59. The SMILES string of the molecule is Cc1cccc(NC(N)=NC[C@@H]2CC(=O)N(C(C)(C)C)[C@H]2c2cnn(C)c2)c1. The molecule has 2 aromatic rings. The second-order valence-corrected chi connectivity index (χ2v) is 8.51. The molecular weight excluding hydrogens is 352 g/mol. The van der Waals surface area contributed by atoms with E-state index in [0.29, 0.717) is 18.9 Å². The quantitative estimate of drug-likeness (QED) is 0.629. The number of carbonyl (C=O) groups is 1. The second kappa shape index (κ2) is 7.66. The third-order valence-electron chi connectivity index (χ3n) is 5.01. The lowest BCUT2D eigenvalue weighted by Gasteiger charge is -2.38. The number of aliphatic imine (C=N–C) groups is 1. The van der Waals surface area contributed by atoms with Crippen LogP contribution in [0, 0.1) is 12.8 Å². The van der Waals surface area contributed by atoms with Crippen LogP contribution in [-0.4, -0.2) is 38.6 Å². The number of guanidine groups is 1. The largest absolute Gasteiger partial charge is 0.370 e. The lowest BCUT2D eigenvalue weighted by atomic mass is 9.93. The van der Waals surface area contributed by atoms with E-state index >= 15 is 0 Å². The van der Waals surface area contributed by atoms with E-state index in [1.807, 2.05) is 55.5 Å². The Hall–Kier alpha value is -2.83. The number of nitrogens with two attached hydrogens (primary N) is 1. The van der Waals surface area contributed by atoms with Gasteiger partial charge in [0.2, 0.25) is 5.91 Å². The summed E-state index contributed by atoms with van der Waals surface area (Å²) in [4.78, 5) is 19.3. The number of likely N-dealkylation sites (tertiary alicyclic amines) is 1. The summed E-state index contributed by atoms with van der Waals surface area (Å²) in [6.45, 7) is 8.69. The Kier molecular flexibility index (Phi) is 5.45. The van der Waals surface area contributed by atoms with Crippen molar-refractivity contribution in [3.05, 3.63) is 47.8 Å². The fourth-order valence-electron chi connectivity index (χ4n) is 3.90. The smallest absolute Gasteiger partial charge is 0.223 e. The van der Waals surface area contributed by atoms with Crippen LogP contribution >= 0.6 is 0 Å². The minimum absolute atomic E-state index is 0.0498. The molecule has 1 aliphatic rings. The maximum absolute atomic E-state index is 12.8. The Morgan fingerprint density at radius 2 is 2.14 bits per heavy atom. The van der Waals surface area contributed by atoms with Gasteiger partial charge in [-0.05, 0) is 45.4 Å². The summed E-state index contributed by atoms with van der Waals surface area (Å²) >= 11 is 0. The zero-order chi connectivity index (χ0) is 20.5. The number of nitrogens with one attached hydrogen (secondary N) is 1. The van der Waals surface area contributed by atoms with Gasteiger partial charge in [-0.25, -0.2) is 0 Å². The van der Waals surface area contributed by atoms with Crippen molar-refractivity contribution in [1.29, 1.82) is 0 Å². The van der Waals surface area contributed by atoms with Crippen LogP contribution in [0.3, 0.4) is 0 Å². The normalized spacial score (nSPS) is 20.7. The van der Waals surface area contributed by atoms with E-state index < -0.39 is 0 Å². The van der Waals surface area contributed by atoms with Gasteiger partial charge in [-0.3, -0.25) is 14.5 Å². The van der Waals surface area contributed by atoms with Crippen molar-refractivity contribution in [1.82, 2.24) is 14.7 Å². The average molecular weight is 383 g/mol. The molecule has 1 saturated heterocycles. The monoisotopic (exact) mass is 382 g/mol. The minimum atomic E-state index is -0.276. The highest BCUT2D eigenvalue weighted by Crippen LogP contribution is 2.42. The van der Waals surface area contributed by atoms with Crippen molar-refractivity contribution in [3.8, 4) is 0 Å². The van der Waals surface area contributed by atoms with Crippen LogP contribution < -0.4 is 11.1 Å². The fourth-order valence-corrected chi connectivity index (χ4v) is 3.90. The van der Waals surface area contributed by atoms with E-state index in [9.17, 15) is 4.79 Å². The molecule has 150 valence electrons. The first kappa shape index (κ1) is 19.9. The molecule has 0 spiro atoms. The average Bonchev–Trinajstić information content (AvgIpc) is 3.15. The number of benzene rings is 1. The number of hydrogen-bond acceptors (Lipinski definition) is 3. The Morgan fingerprint density at radius 3 is 2.75 bits per heavy atom. The van der Waals surface area contributed by atoms with Crippen molar-refractivity contribution in [2.45, 2.75) is 45.7 Å². The predicted molar refractivity (Wildman–Crippen MR) is 112 cm³/mol. The lowest BCUT2D eigenvalue weighted by molar-refractivity contribution is -0.133. The van der Waals surface area contributed by atoms with Crippen LogP contribution in [0.4, 0.5) is 5.69 Å². The molecule has 2 atom stereocenters. The van der Waals surface area contributed by atoms with Crippen LogP contribution in [0.1, 0.15) is 44.4 Å². The van der Waals surface area contributed by atoms with E-state index in [4.69, 9.17) is 5.73 Å². The molecule has 1 aromatic heterocycles. The molecule has 1 fully saturated rings. The highest BCUT2D eigenvalue weighted by molar-refractivity contribution is 5.92. The topological polar surface area (TPSA) is 88.5 Å². The maximum Gasteiger partial charge on any atom is 0.223 e. The van der Waals surface area contributed by atoms with Crippen molar-refractivity contribution >= 4 is 17.6 Å². The Labute approximate surface area is 166 Å². The van der Waals surface area contributed by atoms with E-state index in [1.165, 1.54) is 0 Å². The zero-order valence-electron chi connectivity index (χ0n) is 17.3. The van der Waals surface area contributed by atoms with Crippen LogP contribution in [-0.2, 0) is 11.8 Å². The molecule has 3 N–H and O–H groups in total. The molecule has 0 unspecified atom stereocenters. The molecule has 7 heteroatoms. The number of rotatable bonds is 4. The summed E-state index contributed by atoms with van der Waals surface area (Å²) in [5.41, 5.74) is 8.92. The van der Waals surface area contributed by atoms with E-state index in [0.717, 1.165) is 16.8 Å². The van der Waals surface area contributed by atoms with E-state index in [2.05, 4.69) is 36.2 Å². The summed E-state index contributed by atoms with van der Waals surface area (Å²) in [6.07, 6.45) is 4.28. The van der Waals surface area contributed by atoms with Gasteiger partial charge in [0.15, 0.2) is 5.96 Å². The van der Waals surface area contributed by atoms with Gasteiger partial charge >= 0.3 is 0 Å². The molecule has 0 saturated carbocycles. The van der Waals surface area contributed by atoms with Gasteiger partial charge in [-0.1, -0.05) is 12.1 Å². The lowest BCUT2D eigenvalue weighted by Crippen LogP contribution is -2.44. The molecule has 28 heavy (non-hydrogen) atoms. The molecule has 1 aliphatic heterocycles. The number of aromatic nitrogens is 2. The Balaban J connectivity index is 1.80. The minimum Gasteiger partial charge on any atom is -0.370 e. The number of hydrogen-bond donors (Lipinski definition) is 2. The van der Waals surface area contributed by atoms with Gasteiger partial charge in [0.1, 0.15) is 0 Å². The van der Waals surface area contributed by atoms with Gasteiger partial charge in [-0.15, -0.1) is 0 Å². The second-order valence-electron chi connectivity index (χ2n) is 8.51. The van der Waals surface area contributed by atoms with Crippen LogP contribution in [0.2, 0.25) is 0 Å². The third-order valence-corrected chi connectivity index (χ3v) is 5.01. The van der Waals surface area contributed by atoms with Crippen molar-refractivity contribution in [2.75, 3.05) is 11.9 Å². The first-order chi connectivity index (χ1) is 13.1. The number of carbonyl (C=O) groups excluding carboxylic acids is 1. The molecule has 1 aromatic carbocycles. The maximum atomic E-state index is 12.8. The van der Waals surface area contributed by atoms with Crippen molar-refractivity contribution in [2.24, 2.45) is 23.7 Å². The first-order valence-corrected chi connectivity index (χ1v) is 9.59. The molecule has 2 heterocycles. The Morgan fingerprint density at radius 1 is 1.39 bits per heavy atom. The van der Waals surface area contributed by atoms with Crippen molar-refractivity contribution < 1.29 is 4.79 Å². The van der Waals surface area contributed by atoms with Crippen LogP contribution in [0.25, 0.3) is 0 Å². The highest BCUT2D eigenvalue weighted by atomic mass is 16.2. The molecule has 0 bridgehead atoms. The van der Waals surface area contributed by atoms with Gasteiger partial charge < -0.3 is 16.0 Å². The van der Waals surface area contributed by atoms with Gasteiger partial charge in [0, 0.05) is 48.9 Å². The third kappa shape index (κ3) is 4.35. The number of aryl methyl sites for hydroxylation is 2. The number of anilines is 1. The summed E-state index contributed by atoms with van der Waals surface area (Å²) in [7, 11) is 1.89. The highest BCUT2D eigenvalue weighted by Gasteiger charge is 2.45. The fraction of sp³-hybridized carbons (Fsp3) is 0.476. The van der Waals surface area contributed by atoms with Crippen molar-refractivity contribution in [3.63, 3.8) is 0 Å². The molecular formula is C21H30N6O. The number of amides is 1. The number of nitrogens with zero attached hydrogens (tertiary/aromatic N) is 4. The molecule has 0 aliphatic carbocycles. The molecule has 3 rings (SSSR count).